The summed E-state index contributed by atoms with van der Waals surface area (Å²) in [6.45, 7) is 8.38. The minimum atomic E-state index is -0.872. The quantitative estimate of drug-likeness (QED) is 0.762. The molecule has 0 saturated heterocycles. The van der Waals surface area contributed by atoms with E-state index in [1.807, 2.05) is 6.07 Å². The van der Waals surface area contributed by atoms with E-state index < -0.39 is 5.97 Å². The second-order valence-corrected chi connectivity index (χ2v) is 5.44. The van der Waals surface area contributed by atoms with Gasteiger partial charge in [-0.15, -0.1) is 0 Å². The molecular formula is C13H17NO2. The first kappa shape index (κ1) is 11.1. The normalized spacial score (nSPS) is 20.5. The maximum Gasteiger partial charge on any atom is 0.335 e. The molecule has 3 nitrogen and oxygen atoms in total. The standard InChI is InChI=1S/C13H17NO2/c1-12(2)9-6-5-8(11(15)16)7-10(9)13(3,4)14-12/h5-7,14H,1-4H3,(H,15,16). The van der Waals surface area contributed by atoms with Crippen molar-refractivity contribution in [1.29, 1.82) is 0 Å². The Morgan fingerprint density at radius 1 is 1.12 bits per heavy atom. The SMILES string of the molecule is CC1(C)NC(C)(C)c2cc(C(=O)O)ccc21. The van der Waals surface area contributed by atoms with E-state index >= 15 is 0 Å². The van der Waals surface area contributed by atoms with Gasteiger partial charge in [-0.2, -0.15) is 0 Å². The van der Waals surface area contributed by atoms with Gasteiger partial charge in [0.2, 0.25) is 0 Å². The maximum absolute atomic E-state index is 11.0. The summed E-state index contributed by atoms with van der Waals surface area (Å²) in [6.07, 6.45) is 0. The topological polar surface area (TPSA) is 49.3 Å². The molecule has 0 aromatic heterocycles. The van der Waals surface area contributed by atoms with Crippen LogP contribution in [0.25, 0.3) is 0 Å². The Labute approximate surface area is 95.5 Å². The number of hydrogen-bond donors (Lipinski definition) is 2. The fourth-order valence-electron chi connectivity index (χ4n) is 2.66. The molecule has 0 spiro atoms. The van der Waals surface area contributed by atoms with Crippen molar-refractivity contribution in [1.82, 2.24) is 5.32 Å². The fraction of sp³-hybridized carbons (Fsp3) is 0.462. The van der Waals surface area contributed by atoms with Crippen LogP contribution < -0.4 is 5.32 Å². The Kier molecular flexibility index (Phi) is 2.14. The number of benzene rings is 1. The van der Waals surface area contributed by atoms with Crippen LogP contribution in [0.15, 0.2) is 18.2 Å². The number of carbonyl (C=O) groups is 1. The number of hydrogen-bond acceptors (Lipinski definition) is 2. The lowest BCUT2D eigenvalue weighted by atomic mass is 9.89. The summed E-state index contributed by atoms with van der Waals surface area (Å²) in [6, 6.07) is 5.37. The molecule has 0 amide bonds. The van der Waals surface area contributed by atoms with Crippen LogP contribution in [0, 0.1) is 0 Å². The number of fused-ring (bicyclic) bond motifs is 1. The van der Waals surface area contributed by atoms with Crippen LogP contribution in [-0.4, -0.2) is 11.1 Å². The molecule has 16 heavy (non-hydrogen) atoms. The highest BCUT2D eigenvalue weighted by Crippen LogP contribution is 2.40. The van der Waals surface area contributed by atoms with Gasteiger partial charge in [0.1, 0.15) is 0 Å². The summed E-state index contributed by atoms with van der Waals surface area (Å²) in [5.74, 6) is -0.872. The zero-order valence-corrected chi connectivity index (χ0v) is 10.1. The Hall–Kier alpha value is -1.35. The minimum Gasteiger partial charge on any atom is -0.478 e. The maximum atomic E-state index is 11.0. The van der Waals surface area contributed by atoms with E-state index in [2.05, 4.69) is 33.0 Å². The van der Waals surface area contributed by atoms with Crippen molar-refractivity contribution in [3.63, 3.8) is 0 Å². The van der Waals surface area contributed by atoms with Gasteiger partial charge in [-0.3, -0.25) is 5.32 Å². The highest BCUT2D eigenvalue weighted by Gasteiger charge is 2.41. The first-order valence-corrected chi connectivity index (χ1v) is 5.42. The van der Waals surface area contributed by atoms with Crippen LogP contribution in [0.3, 0.4) is 0 Å². The summed E-state index contributed by atoms with van der Waals surface area (Å²) in [5, 5.41) is 12.5. The van der Waals surface area contributed by atoms with E-state index in [-0.39, 0.29) is 11.1 Å². The molecule has 1 aliphatic rings. The summed E-state index contributed by atoms with van der Waals surface area (Å²) in [7, 11) is 0. The van der Waals surface area contributed by atoms with Gasteiger partial charge in [0.15, 0.2) is 0 Å². The number of nitrogens with one attached hydrogen (secondary N) is 1. The summed E-state index contributed by atoms with van der Waals surface area (Å²) < 4.78 is 0. The van der Waals surface area contributed by atoms with Gasteiger partial charge < -0.3 is 5.11 Å². The largest absolute Gasteiger partial charge is 0.478 e. The minimum absolute atomic E-state index is 0.101. The Morgan fingerprint density at radius 3 is 2.25 bits per heavy atom. The van der Waals surface area contributed by atoms with Gasteiger partial charge in [0.25, 0.3) is 0 Å². The second kappa shape index (κ2) is 3.08. The summed E-state index contributed by atoms with van der Waals surface area (Å²) >= 11 is 0. The molecule has 0 bridgehead atoms. The molecule has 0 saturated carbocycles. The molecule has 0 atom stereocenters. The van der Waals surface area contributed by atoms with Gasteiger partial charge in [0.05, 0.1) is 5.56 Å². The third kappa shape index (κ3) is 1.52. The van der Waals surface area contributed by atoms with E-state index in [9.17, 15) is 4.79 Å². The van der Waals surface area contributed by atoms with Crippen molar-refractivity contribution in [3.05, 3.63) is 34.9 Å². The van der Waals surface area contributed by atoms with Crippen LogP contribution in [0.1, 0.15) is 49.2 Å². The zero-order chi connectivity index (χ0) is 12.1. The molecular weight excluding hydrogens is 202 g/mol. The number of carboxylic acids is 1. The highest BCUT2D eigenvalue weighted by atomic mass is 16.4. The summed E-state index contributed by atoms with van der Waals surface area (Å²) in [5.41, 5.74) is 2.34. The molecule has 2 rings (SSSR count). The van der Waals surface area contributed by atoms with Crippen LogP contribution >= 0.6 is 0 Å². The molecule has 86 valence electrons. The Balaban J connectivity index is 2.63. The second-order valence-electron chi connectivity index (χ2n) is 5.44. The van der Waals surface area contributed by atoms with Crippen LogP contribution in [0.5, 0.6) is 0 Å². The number of aromatic carboxylic acids is 1. The van der Waals surface area contributed by atoms with Crippen molar-refractivity contribution in [3.8, 4) is 0 Å². The van der Waals surface area contributed by atoms with E-state index in [0.29, 0.717) is 5.56 Å². The lowest BCUT2D eigenvalue weighted by Crippen LogP contribution is -2.39. The predicted molar refractivity (Wildman–Crippen MR) is 62.6 cm³/mol. The van der Waals surface area contributed by atoms with Crippen molar-refractivity contribution in [2.45, 2.75) is 38.8 Å². The Morgan fingerprint density at radius 2 is 1.69 bits per heavy atom. The van der Waals surface area contributed by atoms with Gasteiger partial charge >= 0.3 is 5.97 Å². The van der Waals surface area contributed by atoms with Crippen molar-refractivity contribution in [2.24, 2.45) is 0 Å². The van der Waals surface area contributed by atoms with E-state index in [1.54, 1.807) is 12.1 Å². The zero-order valence-electron chi connectivity index (χ0n) is 10.1. The first-order valence-electron chi connectivity index (χ1n) is 5.42. The third-order valence-electron chi connectivity index (χ3n) is 3.24. The van der Waals surface area contributed by atoms with Gasteiger partial charge in [-0.25, -0.2) is 4.79 Å². The van der Waals surface area contributed by atoms with Crippen molar-refractivity contribution in [2.75, 3.05) is 0 Å². The molecule has 2 N–H and O–H groups in total. The summed E-state index contributed by atoms with van der Waals surface area (Å²) in [4.78, 5) is 11.0. The lowest BCUT2D eigenvalue weighted by Gasteiger charge is -2.25. The highest BCUT2D eigenvalue weighted by molar-refractivity contribution is 5.88. The molecule has 0 radical (unpaired) electrons. The fourth-order valence-corrected chi connectivity index (χ4v) is 2.66. The first-order chi connectivity index (χ1) is 7.24. The monoisotopic (exact) mass is 219 g/mol. The van der Waals surface area contributed by atoms with Gasteiger partial charge in [0, 0.05) is 11.1 Å². The molecule has 0 aliphatic carbocycles. The smallest absolute Gasteiger partial charge is 0.335 e. The predicted octanol–water partition coefficient (Wildman–Crippen LogP) is 2.46. The lowest BCUT2D eigenvalue weighted by molar-refractivity contribution is 0.0696. The average molecular weight is 219 g/mol. The number of rotatable bonds is 1. The van der Waals surface area contributed by atoms with E-state index in [4.69, 9.17) is 5.11 Å². The molecule has 3 heteroatoms. The van der Waals surface area contributed by atoms with Crippen LogP contribution in [0.2, 0.25) is 0 Å². The van der Waals surface area contributed by atoms with Crippen LogP contribution in [-0.2, 0) is 11.1 Å². The van der Waals surface area contributed by atoms with Crippen molar-refractivity contribution < 1.29 is 9.90 Å². The molecule has 1 aromatic rings. The van der Waals surface area contributed by atoms with Gasteiger partial charge in [-0.05, 0) is 51.0 Å². The molecule has 1 aliphatic heterocycles. The molecule has 1 heterocycles. The molecule has 1 aromatic carbocycles. The number of carboxylic acid groups (broad SMARTS) is 1. The molecule has 0 fully saturated rings. The average Bonchev–Trinajstić information content (AvgIpc) is 2.32. The van der Waals surface area contributed by atoms with E-state index in [0.717, 1.165) is 5.56 Å². The van der Waals surface area contributed by atoms with E-state index in [1.165, 1.54) is 5.56 Å². The van der Waals surface area contributed by atoms with Crippen molar-refractivity contribution >= 4 is 5.97 Å². The third-order valence-corrected chi connectivity index (χ3v) is 3.24. The Bertz CT molecular complexity index is 461. The van der Waals surface area contributed by atoms with Crippen LogP contribution in [0.4, 0.5) is 0 Å². The molecule has 0 unspecified atom stereocenters. The van der Waals surface area contributed by atoms with Gasteiger partial charge in [-0.1, -0.05) is 6.07 Å².